The summed E-state index contributed by atoms with van der Waals surface area (Å²) in [4.78, 5) is 13.8. The van der Waals surface area contributed by atoms with Crippen LogP contribution >= 0.6 is 0 Å². The normalized spacial score (nSPS) is 21.6. The standard InChI is InChI=1S/C13H17FN2O/c1-9(15)11-5-6-16(8-11)13(17)10-3-2-4-12(14)7-10/h2-4,7,9,11H,5-6,8,15H2,1H3. The predicted octanol–water partition coefficient (Wildman–Crippen LogP) is 1.64. The summed E-state index contributed by atoms with van der Waals surface area (Å²) in [5, 5.41) is 0. The number of hydrogen-bond acceptors (Lipinski definition) is 2. The molecule has 2 unspecified atom stereocenters. The number of benzene rings is 1. The molecule has 2 atom stereocenters. The van der Waals surface area contributed by atoms with Gasteiger partial charge in [-0.05, 0) is 37.5 Å². The van der Waals surface area contributed by atoms with Crippen molar-refractivity contribution in [1.82, 2.24) is 4.90 Å². The van der Waals surface area contributed by atoms with E-state index in [1.165, 1.54) is 12.1 Å². The van der Waals surface area contributed by atoms with E-state index in [1.807, 2.05) is 6.92 Å². The van der Waals surface area contributed by atoms with Crippen molar-refractivity contribution in [2.24, 2.45) is 11.7 Å². The molecular weight excluding hydrogens is 219 g/mol. The molecule has 17 heavy (non-hydrogen) atoms. The topological polar surface area (TPSA) is 46.3 Å². The Morgan fingerprint density at radius 3 is 2.94 bits per heavy atom. The molecule has 3 nitrogen and oxygen atoms in total. The zero-order valence-corrected chi connectivity index (χ0v) is 9.90. The molecule has 0 aromatic heterocycles. The largest absolute Gasteiger partial charge is 0.338 e. The van der Waals surface area contributed by atoms with E-state index in [4.69, 9.17) is 5.73 Å². The van der Waals surface area contributed by atoms with E-state index >= 15 is 0 Å². The minimum atomic E-state index is -0.376. The van der Waals surface area contributed by atoms with E-state index in [-0.39, 0.29) is 17.8 Å². The number of amides is 1. The molecule has 0 saturated carbocycles. The number of carbonyl (C=O) groups is 1. The van der Waals surface area contributed by atoms with Crippen LogP contribution in [0.15, 0.2) is 24.3 Å². The van der Waals surface area contributed by atoms with E-state index in [0.717, 1.165) is 6.42 Å². The van der Waals surface area contributed by atoms with Crippen molar-refractivity contribution in [2.45, 2.75) is 19.4 Å². The Labute approximate surface area is 100 Å². The Bertz CT molecular complexity index is 420. The van der Waals surface area contributed by atoms with Gasteiger partial charge in [-0.15, -0.1) is 0 Å². The van der Waals surface area contributed by atoms with Crippen LogP contribution in [-0.2, 0) is 0 Å². The third-order valence-electron chi connectivity index (χ3n) is 3.33. The molecule has 1 fully saturated rings. The molecule has 1 saturated heterocycles. The van der Waals surface area contributed by atoms with E-state index in [9.17, 15) is 9.18 Å². The molecule has 0 bridgehead atoms. The van der Waals surface area contributed by atoms with Gasteiger partial charge in [-0.2, -0.15) is 0 Å². The molecule has 1 aliphatic rings. The number of hydrogen-bond donors (Lipinski definition) is 1. The fraction of sp³-hybridized carbons (Fsp3) is 0.462. The molecule has 1 aromatic carbocycles. The summed E-state index contributed by atoms with van der Waals surface area (Å²) in [5.74, 6) is -0.126. The van der Waals surface area contributed by atoms with Crippen LogP contribution in [0.1, 0.15) is 23.7 Å². The minimum Gasteiger partial charge on any atom is -0.338 e. The molecule has 1 aromatic rings. The van der Waals surface area contributed by atoms with Crippen LogP contribution in [0.4, 0.5) is 4.39 Å². The lowest BCUT2D eigenvalue weighted by atomic mass is 10.0. The van der Waals surface area contributed by atoms with Crippen LogP contribution in [0.2, 0.25) is 0 Å². The van der Waals surface area contributed by atoms with Crippen LogP contribution in [0.25, 0.3) is 0 Å². The quantitative estimate of drug-likeness (QED) is 0.848. The van der Waals surface area contributed by atoms with Gasteiger partial charge in [-0.25, -0.2) is 4.39 Å². The van der Waals surface area contributed by atoms with Crippen LogP contribution in [0.5, 0.6) is 0 Å². The first kappa shape index (κ1) is 12.0. The maximum Gasteiger partial charge on any atom is 0.253 e. The zero-order valence-electron chi connectivity index (χ0n) is 9.90. The predicted molar refractivity (Wildman–Crippen MR) is 64.1 cm³/mol. The van der Waals surface area contributed by atoms with Gasteiger partial charge in [-0.3, -0.25) is 4.79 Å². The SMILES string of the molecule is CC(N)C1CCN(C(=O)c2cccc(F)c2)C1. The summed E-state index contributed by atoms with van der Waals surface area (Å²) in [6.45, 7) is 3.34. The molecule has 0 spiro atoms. The molecule has 2 N–H and O–H groups in total. The number of nitrogens with zero attached hydrogens (tertiary/aromatic N) is 1. The van der Waals surface area contributed by atoms with E-state index in [2.05, 4.69) is 0 Å². The van der Waals surface area contributed by atoms with Crippen molar-refractivity contribution in [3.63, 3.8) is 0 Å². The highest BCUT2D eigenvalue weighted by atomic mass is 19.1. The molecule has 92 valence electrons. The Morgan fingerprint density at radius 1 is 1.59 bits per heavy atom. The summed E-state index contributed by atoms with van der Waals surface area (Å²) in [7, 11) is 0. The third kappa shape index (κ3) is 2.64. The second-order valence-corrected chi connectivity index (χ2v) is 4.67. The van der Waals surface area contributed by atoms with Crippen LogP contribution in [0.3, 0.4) is 0 Å². The summed E-state index contributed by atoms with van der Waals surface area (Å²) >= 11 is 0. The van der Waals surface area contributed by atoms with E-state index in [1.54, 1.807) is 17.0 Å². The second kappa shape index (κ2) is 4.84. The van der Waals surface area contributed by atoms with Crippen molar-refractivity contribution in [3.8, 4) is 0 Å². The summed E-state index contributed by atoms with van der Waals surface area (Å²) in [6, 6.07) is 5.92. The fourth-order valence-corrected chi connectivity index (χ4v) is 2.21. The number of carbonyl (C=O) groups excluding carboxylic acids is 1. The Kier molecular flexibility index (Phi) is 3.43. The molecule has 4 heteroatoms. The van der Waals surface area contributed by atoms with Crippen molar-refractivity contribution >= 4 is 5.91 Å². The molecular formula is C13H17FN2O. The van der Waals surface area contributed by atoms with Crippen LogP contribution < -0.4 is 5.73 Å². The van der Waals surface area contributed by atoms with Gasteiger partial charge in [0.2, 0.25) is 0 Å². The van der Waals surface area contributed by atoms with Gasteiger partial charge < -0.3 is 10.6 Å². The molecule has 0 aliphatic carbocycles. The highest BCUT2D eigenvalue weighted by Crippen LogP contribution is 2.20. The van der Waals surface area contributed by atoms with E-state index < -0.39 is 0 Å². The van der Waals surface area contributed by atoms with Gasteiger partial charge in [0.15, 0.2) is 0 Å². The first-order valence-corrected chi connectivity index (χ1v) is 5.88. The molecule has 2 rings (SSSR count). The average Bonchev–Trinajstić information content (AvgIpc) is 2.77. The second-order valence-electron chi connectivity index (χ2n) is 4.67. The molecule has 1 aliphatic heterocycles. The van der Waals surface area contributed by atoms with Crippen molar-refractivity contribution in [2.75, 3.05) is 13.1 Å². The smallest absolute Gasteiger partial charge is 0.253 e. The number of rotatable bonds is 2. The van der Waals surface area contributed by atoms with Gasteiger partial charge in [0.25, 0.3) is 5.91 Å². The molecule has 0 radical (unpaired) electrons. The Hall–Kier alpha value is -1.42. The lowest BCUT2D eigenvalue weighted by Crippen LogP contribution is -2.33. The van der Waals surface area contributed by atoms with Gasteiger partial charge in [0.1, 0.15) is 5.82 Å². The van der Waals surface area contributed by atoms with Crippen LogP contribution in [0, 0.1) is 11.7 Å². The van der Waals surface area contributed by atoms with Gasteiger partial charge in [-0.1, -0.05) is 6.07 Å². The first-order valence-electron chi connectivity index (χ1n) is 5.88. The lowest BCUT2D eigenvalue weighted by Gasteiger charge is -2.18. The van der Waals surface area contributed by atoms with Gasteiger partial charge >= 0.3 is 0 Å². The summed E-state index contributed by atoms with van der Waals surface area (Å²) in [6.07, 6.45) is 0.929. The molecule has 1 amide bonds. The van der Waals surface area contributed by atoms with Crippen LogP contribution in [-0.4, -0.2) is 29.9 Å². The van der Waals surface area contributed by atoms with Crippen molar-refractivity contribution in [1.29, 1.82) is 0 Å². The number of likely N-dealkylation sites (tertiary alicyclic amines) is 1. The highest BCUT2D eigenvalue weighted by Gasteiger charge is 2.28. The van der Waals surface area contributed by atoms with E-state index in [0.29, 0.717) is 24.6 Å². The average molecular weight is 236 g/mol. The highest BCUT2D eigenvalue weighted by molar-refractivity contribution is 5.94. The monoisotopic (exact) mass is 236 g/mol. The lowest BCUT2D eigenvalue weighted by molar-refractivity contribution is 0.0785. The maximum atomic E-state index is 13.0. The fourth-order valence-electron chi connectivity index (χ4n) is 2.21. The summed E-state index contributed by atoms with van der Waals surface area (Å²) < 4.78 is 13.0. The van der Waals surface area contributed by atoms with Gasteiger partial charge in [0.05, 0.1) is 0 Å². The maximum absolute atomic E-state index is 13.0. The Morgan fingerprint density at radius 2 is 2.35 bits per heavy atom. The first-order chi connectivity index (χ1) is 8.08. The van der Waals surface area contributed by atoms with Crippen molar-refractivity contribution < 1.29 is 9.18 Å². The number of nitrogens with two attached hydrogens (primary N) is 1. The number of halogens is 1. The van der Waals surface area contributed by atoms with Gasteiger partial charge in [0, 0.05) is 24.7 Å². The minimum absolute atomic E-state index is 0.0975. The zero-order chi connectivity index (χ0) is 12.4. The summed E-state index contributed by atoms with van der Waals surface area (Å²) in [5.41, 5.74) is 6.24. The van der Waals surface area contributed by atoms with Crippen molar-refractivity contribution in [3.05, 3.63) is 35.6 Å². The molecule has 1 heterocycles. The third-order valence-corrected chi connectivity index (χ3v) is 3.33. The Balaban J connectivity index is 2.07.